The molecule has 1 aromatic heterocycles. The van der Waals surface area contributed by atoms with Crippen LogP contribution >= 0.6 is 0 Å². The van der Waals surface area contributed by atoms with Gasteiger partial charge in [0.05, 0.1) is 25.8 Å². The second-order valence-electron chi connectivity index (χ2n) is 7.35. The summed E-state index contributed by atoms with van der Waals surface area (Å²) in [6.45, 7) is 7.68. The molecule has 0 bridgehead atoms. The van der Waals surface area contributed by atoms with Crippen LogP contribution in [0.3, 0.4) is 0 Å². The summed E-state index contributed by atoms with van der Waals surface area (Å²) < 4.78 is 11.8. The van der Waals surface area contributed by atoms with E-state index in [1.807, 2.05) is 18.3 Å². The number of hydrogen-bond donors (Lipinski definition) is 0. The fourth-order valence-electron chi connectivity index (χ4n) is 4.05. The average Bonchev–Trinajstić information content (AvgIpc) is 2.73. The molecule has 0 spiro atoms. The van der Waals surface area contributed by atoms with Gasteiger partial charge >= 0.3 is 0 Å². The molecule has 0 aliphatic carbocycles. The summed E-state index contributed by atoms with van der Waals surface area (Å²) >= 11 is 0. The molecule has 2 aliphatic heterocycles. The highest BCUT2D eigenvalue weighted by Gasteiger charge is 2.33. The molecule has 2 aromatic rings. The molecule has 0 amide bonds. The number of benzene rings is 1. The highest BCUT2D eigenvalue weighted by atomic mass is 16.5. The quantitative estimate of drug-likeness (QED) is 0.781. The summed E-state index contributed by atoms with van der Waals surface area (Å²) in [5.41, 5.74) is 1.33. The van der Waals surface area contributed by atoms with Crippen LogP contribution < -0.4 is 9.64 Å². The van der Waals surface area contributed by atoms with Crippen molar-refractivity contribution < 1.29 is 9.47 Å². The molecule has 3 heterocycles. The summed E-state index contributed by atoms with van der Waals surface area (Å²) in [6.07, 6.45) is 4.26. The molecule has 0 N–H and O–H groups in total. The van der Waals surface area contributed by atoms with Gasteiger partial charge in [-0.15, -0.1) is 0 Å². The van der Waals surface area contributed by atoms with Crippen molar-refractivity contribution in [1.82, 2.24) is 9.88 Å². The normalized spacial score (nSPS) is 21.4. The van der Waals surface area contributed by atoms with Crippen molar-refractivity contribution in [1.29, 1.82) is 0 Å². The molecule has 0 saturated carbocycles. The van der Waals surface area contributed by atoms with Gasteiger partial charge in [0.25, 0.3) is 0 Å². The van der Waals surface area contributed by atoms with Gasteiger partial charge in [-0.2, -0.15) is 0 Å². The van der Waals surface area contributed by atoms with Crippen molar-refractivity contribution in [3.05, 3.63) is 54.2 Å². The Balaban J connectivity index is 1.67. The number of morpholine rings is 1. The zero-order valence-electron chi connectivity index (χ0n) is 16.1. The Kier molecular flexibility index (Phi) is 5.90. The highest BCUT2D eigenvalue weighted by molar-refractivity contribution is 5.56. The zero-order valence-corrected chi connectivity index (χ0v) is 16.1. The van der Waals surface area contributed by atoms with E-state index in [0.29, 0.717) is 0 Å². The molecule has 1 saturated heterocycles. The molecule has 5 heteroatoms. The molecule has 2 aliphatic rings. The average molecular weight is 367 g/mol. The predicted octanol–water partition coefficient (Wildman–Crippen LogP) is 3.52. The molecule has 2 atom stereocenters. The first kappa shape index (κ1) is 18.3. The van der Waals surface area contributed by atoms with Crippen LogP contribution in [0.4, 0.5) is 5.82 Å². The molecule has 5 nitrogen and oxygen atoms in total. The first-order chi connectivity index (χ1) is 13.3. The fraction of sp³-hybridized carbons (Fsp3) is 0.500. The van der Waals surface area contributed by atoms with E-state index in [1.54, 1.807) is 0 Å². The Bertz CT molecular complexity index is 719. The Morgan fingerprint density at radius 3 is 2.70 bits per heavy atom. The first-order valence-electron chi connectivity index (χ1n) is 10.1. The van der Waals surface area contributed by atoms with E-state index in [4.69, 9.17) is 14.5 Å². The molecule has 1 aromatic carbocycles. The molecular formula is C22H29N3O2. The largest absolute Gasteiger partial charge is 0.485 e. The minimum absolute atomic E-state index is 0.211. The Labute approximate surface area is 161 Å². The number of hydrogen-bond acceptors (Lipinski definition) is 5. The lowest BCUT2D eigenvalue weighted by Gasteiger charge is -2.42. The lowest BCUT2D eigenvalue weighted by atomic mass is 10.0. The van der Waals surface area contributed by atoms with Gasteiger partial charge in [-0.25, -0.2) is 4.98 Å². The van der Waals surface area contributed by atoms with E-state index < -0.39 is 0 Å². The third kappa shape index (κ3) is 4.25. The SMILES string of the molecule is CCCC1CN(C(CN2CCOCC2)c2ccccc2)c2ncccc2O1. The number of aromatic nitrogens is 1. The lowest BCUT2D eigenvalue weighted by Crippen LogP contribution is -2.48. The summed E-state index contributed by atoms with van der Waals surface area (Å²) in [7, 11) is 0. The van der Waals surface area contributed by atoms with E-state index in [1.165, 1.54) is 5.56 Å². The van der Waals surface area contributed by atoms with Gasteiger partial charge in [0, 0.05) is 25.8 Å². The Morgan fingerprint density at radius 2 is 1.93 bits per heavy atom. The minimum atomic E-state index is 0.211. The standard InChI is InChI=1S/C22H29N3O2/c1-2-7-19-16-25(22-21(27-19)10-6-11-23-22)20(18-8-4-3-5-9-18)17-24-12-14-26-15-13-24/h3-6,8-11,19-20H,2,7,12-17H2,1H3. The topological polar surface area (TPSA) is 37.8 Å². The smallest absolute Gasteiger partial charge is 0.172 e. The fourth-order valence-corrected chi connectivity index (χ4v) is 4.05. The summed E-state index contributed by atoms with van der Waals surface area (Å²) in [6, 6.07) is 15.1. The third-order valence-electron chi connectivity index (χ3n) is 5.42. The number of rotatable bonds is 6. The van der Waals surface area contributed by atoms with Gasteiger partial charge in [-0.3, -0.25) is 4.90 Å². The molecule has 4 rings (SSSR count). The molecule has 144 valence electrons. The number of nitrogens with zero attached hydrogens (tertiary/aromatic N) is 3. The summed E-state index contributed by atoms with van der Waals surface area (Å²) in [5.74, 6) is 1.87. The van der Waals surface area contributed by atoms with Crippen molar-refractivity contribution in [2.45, 2.75) is 31.9 Å². The molecule has 27 heavy (non-hydrogen) atoms. The van der Waals surface area contributed by atoms with Crippen LogP contribution in [0, 0.1) is 0 Å². The molecule has 2 unspecified atom stereocenters. The predicted molar refractivity (Wildman–Crippen MR) is 107 cm³/mol. The minimum Gasteiger partial charge on any atom is -0.485 e. The second kappa shape index (κ2) is 8.72. The van der Waals surface area contributed by atoms with Crippen LogP contribution in [-0.4, -0.2) is 55.4 Å². The molecular weight excluding hydrogens is 338 g/mol. The number of ether oxygens (including phenoxy) is 2. The van der Waals surface area contributed by atoms with Crippen LogP contribution in [0.2, 0.25) is 0 Å². The molecule has 1 fully saturated rings. The van der Waals surface area contributed by atoms with Crippen molar-refractivity contribution in [2.75, 3.05) is 44.3 Å². The van der Waals surface area contributed by atoms with E-state index in [2.05, 4.69) is 47.1 Å². The van der Waals surface area contributed by atoms with Gasteiger partial charge in [-0.1, -0.05) is 43.7 Å². The number of pyridine rings is 1. The zero-order chi connectivity index (χ0) is 18.5. The van der Waals surface area contributed by atoms with Crippen molar-refractivity contribution in [3.63, 3.8) is 0 Å². The number of fused-ring (bicyclic) bond motifs is 1. The maximum absolute atomic E-state index is 6.24. The van der Waals surface area contributed by atoms with E-state index in [0.717, 1.165) is 63.8 Å². The van der Waals surface area contributed by atoms with Crippen molar-refractivity contribution in [3.8, 4) is 5.75 Å². The maximum atomic E-state index is 6.24. The second-order valence-corrected chi connectivity index (χ2v) is 7.35. The summed E-state index contributed by atoms with van der Waals surface area (Å²) in [4.78, 5) is 9.66. The van der Waals surface area contributed by atoms with E-state index in [-0.39, 0.29) is 12.1 Å². The monoisotopic (exact) mass is 367 g/mol. The van der Waals surface area contributed by atoms with Crippen molar-refractivity contribution in [2.24, 2.45) is 0 Å². The first-order valence-corrected chi connectivity index (χ1v) is 10.1. The third-order valence-corrected chi connectivity index (χ3v) is 5.42. The van der Waals surface area contributed by atoms with Gasteiger partial charge in [0.1, 0.15) is 6.10 Å². The van der Waals surface area contributed by atoms with Gasteiger partial charge in [-0.05, 0) is 24.1 Å². The van der Waals surface area contributed by atoms with Crippen LogP contribution in [0.1, 0.15) is 31.4 Å². The van der Waals surface area contributed by atoms with Gasteiger partial charge < -0.3 is 14.4 Å². The van der Waals surface area contributed by atoms with Crippen LogP contribution in [0.15, 0.2) is 48.7 Å². The summed E-state index contributed by atoms with van der Waals surface area (Å²) in [5, 5.41) is 0. The number of anilines is 1. The Hall–Kier alpha value is -2.11. The van der Waals surface area contributed by atoms with E-state index >= 15 is 0 Å². The Morgan fingerprint density at radius 1 is 1.11 bits per heavy atom. The van der Waals surface area contributed by atoms with E-state index in [9.17, 15) is 0 Å². The highest BCUT2D eigenvalue weighted by Crippen LogP contribution is 2.37. The van der Waals surface area contributed by atoms with Crippen LogP contribution in [-0.2, 0) is 4.74 Å². The van der Waals surface area contributed by atoms with Gasteiger partial charge in [0.2, 0.25) is 0 Å². The maximum Gasteiger partial charge on any atom is 0.172 e. The lowest BCUT2D eigenvalue weighted by molar-refractivity contribution is 0.0340. The molecule has 0 radical (unpaired) electrons. The van der Waals surface area contributed by atoms with Crippen LogP contribution in [0.5, 0.6) is 5.75 Å². The van der Waals surface area contributed by atoms with Gasteiger partial charge in [0.15, 0.2) is 11.6 Å². The van der Waals surface area contributed by atoms with Crippen LogP contribution in [0.25, 0.3) is 0 Å². The van der Waals surface area contributed by atoms with Crippen molar-refractivity contribution >= 4 is 5.82 Å².